The Morgan fingerprint density at radius 2 is 0.938 bits per heavy atom. The zero-order chi connectivity index (χ0) is 21.3. The summed E-state index contributed by atoms with van der Waals surface area (Å²) in [5.74, 6) is 0. The van der Waals surface area contributed by atoms with Crippen molar-refractivity contribution in [1.82, 2.24) is 0 Å². The zero-order valence-corrected chi connectivity index (χ0v) is 17.8. The van der Waals surface area contributed by atoms with Crippen LogP contribution in [-0.4, -0.2) is 0 Å². The van der Waals surface area contributed by atoms with Gasteiger partial charge in [-0.15, -0.1) is 0 Å². The summed E-state index contributed by atoms with van der Waals surface area (Å²) in [5, 5.41) is 0. The number of hydrogen-bond donors (Lipinski definition) is 0. The molecule has 1 nitrogen and oxygen atoms in total. The van der Waals surface area contributed by atoms with Crippen LogP contribution >= 0.6 is 0 Å². The highest BCUT2D eigenvalue weighted by atomic mass is 15.1. The molecule has 0 unspecified atom stereocenters. The van der Waals surface area contributed by atoms with Crippen LogP contribution in [0, 0.1) is 0 Å². The fraction of sp³-hybridized carbons (Fsp3) is 0.0323. The molecule has 0 bridgehead atoms. The van der Waals surface area contributed by atoms with Crippen molar-refractivity contribution in [3.8, 4) is 33.4 Å². The van der Waals surface area contributed by atoms with E-state index in [9.17, 15) is 0 Å². The lowest BCUT2D eigenvalue weighted by molar-refractivity contribution is 0.963. The summed E-state index contributed by atoms with van der Waals surface area (Å²) in [5.41, 5.74) is 11.5. The molecular formula is C31H23N. The Hall–Kier alpha value is -4.10. The van der Waals surface area contributed by atoms with Crippen LogP contribution in [0.2, 0.25) is 0 Å². The van der Waals surface area contributed by atoms with Crippen molar-refractivity contribution >= 4 is 11.4 Å². The molecule has 0 atom stereocenters. The molecule has 0 radical (unpaired) electrons. The predicted molar refractivity (Wildman–Crippen MR) is 135 cm³/mol. The average molecular weight is 410 g/mol. The predicted octanol–water partition coefficient (Wildman–Crippen LogP) is 8.34. The lowest BCUT2D eigenvalue weighted by atomic mass is 9.88. The molecule has 6 rings (SSSR count). The quantitative estimate of drug-likeness (QED) is 0.289. The average Bonchev–Trinajstić information content (AvgIpc) is 2.89. The Labute approximate surface area is 189 Å². The molecule has 5 aromatic carbocycles. The summed E-state index contributed by atoms with van der Waals surface area (Å²) >= 11 is 0. The zero-order valence-electron chi connectivity index (χ0n) is 17.8. The molecule has 0 fully saturated rings. The summed E-state index contributed by atoms with van der Waals surface area (Å²) in [6.45, 7) is 0.844. The standard InChI is InChI=1S/C31H23N/c1-3-12-23(13-4-1)27-18-9-10-21-30(27)32-22-25-16-7-8-17-26(25)29-20-11-19-28(31(29)32)24-14-5-2-6-15-24/h1-21H,22H2. The van der Waals surface area contributed by atoms with E-state index in [4.69, 9.17) is 0 Å². The van der Waals surface area contributed by atoms with Gasteiger partial charge in [-0.25, -0.2) is 0 Å². The maximum atomic E-state index is 2.50. The molecule has 32 heavy (non-hydrogen) atoms. The van der Waals surface area contributed by atoms with Gasteiger partial charge >= 0.3 is 0 Å². The van der Waals surface area contributed by atoms with Crippen molar-refractivity contribution in [3.05, 3.63) is 133 Å². The van der Waals surface area contributed by atoms with E-state index < -0.39 is 0 Å². The molecule has 1 heteroatoms. The first-order chi connectivity index (χ1) is 15.9. The summed E-state index contributed by atoms with van der Waals surface area (Å²) in [6, 6.07) is 45.7. The van der Waals surface area contributed by atoms with Crippen LogP contribution in [0.3, 0.4) is 0 Å². The second-order valence-corrected chi connectivity index (χ2v) is 8.19. The molecule has 0 spiro atoms. The minimum absolute atomic E-state index is 0.844. The topological polar surface area (TPSA) is 3.24 Å². The minimum Gasteiger partial charge on any atom is -0.335 e. The Balaban J connectivity index is 1.63. The van der Waals surface area contributed by atoms with E-state index in [0.717, 1.165) is 6.54 Å². The smallest absolute Gasteiger partial charge is 0.0573 e. The third-order valence-electron chi connectivity index (χ3n) is 6.31. The number of para-hydroxylation sites is 2. The first-order valence-corrected chi connectivity index (χ1v) is 11.1. The van der Waals surface area contributed by atoms with E-state index in [1.165, 1.54) is 50.3 Å². The molecule has 1 heterocycles. The molecule has 1 aliphatic rings. The van der Waals surface area contributed by atoms with Gasteiger partial charge < -0.3 is 4.90 Å². The van der Waals surface area contributed by atoms with Crippen LogP contribution in [-0.2, 0) is 6.54 Å². The first kappa shape index (κ1) is 18.7. The molecule has 5 aromatic rings. The fourth-order valence-corrected chi connectivity index (χ4v) is 4.85. The Kier molecular flexibility index (Phi) is 4.58. The van der Waals surface area contributed by atoms with Crippen molar-refractivity contribution in [2.45, 2.75) is 6.54 Å². The lowest BCUT2D eigenvalue weighted by Crippen LogP contribution is -2.23. The van der Waals surface area contributed by atoms with Gasteiger partial charge in [0.2, 0.25) is 0 Å². The van der Waals surface area contributed by atoms with Gasteiger partial charge in [0, 0.05) is 28.9 Å². The molecule has 0 saturated heterocycles. The van der Waals surface area contributed by atoms with Gasteiger partial charge in [-0.1, -0.05) is 121 Å². The number of fused-ring (bicyclic) bond motifs is 3. The minimum atomic E-state index is 0.844. The van der Waals surface area contributed by atoms with Crippen molar-refractivity contribution in [2.75, 3.05) is 4.90 Å². The molecule has 0 saturated carbocycles. The number of anilines is 2. The van der Waals surface area contributed by atoms with Crippen molar-refractivity contribution < 1.29 is 0 Å². The van der Waals surface area contributed by atoms with Gasteiger partial charge in [-0.2, -0.15) is 0 Å². The van der Waals surface area contributed by atoms with E-state index in [-0.39, 0.29) is 0 Å². The molecule has 152 valence electrons. The molecule has 0 aliphatic carbocycles. The summed E-state index contributed by atoms with van der Waals surface area (Å²) in [6.07, 6.45) is 0. The van der Waals surface area contributed by atoms with Gasteiger partial charge in [-0.3, -0.25) is 0 Å². The number of hydrogen-bond acceptors (Lipinski definition) is 1. The van der Waals surface area contributed by atoms with E-state index in [2.05, 4.69) is 132 Å². The molecular weight excluding hydrogens is 386 g/mol. The van der Waals surface area contributed by atoms with Crippen LogP contribution in [0.4, 0.5) is 11.4 Å². The van der Waals surface area contributed by atoms with Crippen molar-refractivity contribution in [3.63, 3.8) is 0 Å². The van der Waals surface area contributed by atoms with Gasteiger partial charge in [0.1, 0.15) is 0 Å². The van der Waals surface area contributed by atoms with Crippen LogP contribution < -0.4 is 4.90 Å². The Bertz CT molecular complexity index is 1370. The van der Waals surface area contributed by atoms with E-state index >= 15 is 0 Å². The normalized spacial score (nSPS) is 12.2. The lowest BCUT2D eigenvalue weighted by Gasteiger charge is -2.36. The van der Waals surface area contributed by atoms with Gasteiger partial charge in [0.05, 0.1) is 5.69 Å². The third kappa shape index (κ3) is 3.11. The Morgan fingerprint density at radius 1 is 0.406 bits per heavy atom. The largest absolute Gasteiger partial charge is 0.335 e. The van der Waals surface area contributed by atoms with E-state index in [1.807, 2.05) is 0 Å². The third-order valence-corrected chi connectivity index (χ3v) is 6.31. The highest BCUT2D eigenvalue weighted by Crippen LogP contribution is 2.49. The number of benzene rings is 5. The van der Waals surface area contributed by atoms with E-state index in [0.29, 0.717) is 0 Å². The maximum absolute atomic E-state index is 2.50. The molecule has 0 N–H and O–H groups in total. The molecule has 0 amide bonds. The summed E-state index contributed by atoms with van der Waals surface area (Å²) in [4.78, 5) is 2.50. The SMILES string of the molecule is c1ccc(-c2ccccc2N2Cc3ccccc3-c3cccc(-c4ccccc4)c32)cc1. The fourth-order valence-electron chi connectivity index (χ4n) is 4.85. The number of rotatable bonds is 3. The van der Waals surface area contributed by atoms with Gasteiger partial charge in [0.15, 0.2) is 0 Å². The van der Waals surface area contributed by atoms with Crippen LogP contribution in [0.1, 0.15) is 5.56 Å². The second kappa shape index (κ2) is 7.86. The highest BCUT2D eigenvalue weighted by molar-refractivity contribution is 5.98. The monoisotopic (exact) mass is 409 g/mol. The first-order valence-electron chi connectivity index (χ1n) is 11.1. The summed E-state index contributed by atoms with van der Waals surface area (Å²) in [7, 11) is 0. The second-order valence-electron chi connectivity index (χ2n) is 8.19. The summed E-state index contributed by atoms with van der Waals surface area (Å²) < 4.78 is 0. The van der Waals surface area contributed by atoms with Crippen LogP contribution in [0.15, 0.2) is 127 Å². The van der Waals surface area contributed by atoms with Gasteiger partial charge in [-0.05, 0) is 28.3 Å². The van der Waals surface area contributed by atoms with Gasteiger partial charge in [0.25, 0.3) is 0 Å². The van der Waals surface area contributed by atoms with Crippen molar-refractivity contribution in [1.29, 1.82) is 0 Å². The highest BCUT2D eigenvalue weighted by Gasteiger charge is 2.27. The molecule has 1 aliphatic heterocycles. The van der Waals surface area contributed by atoms with Crippen LogP contribution in [0.5, 0.6) is 0 Å². The number of nitrogens with zero attached hydrogens (tertiary/aromatic N) is 1. The van der Waals surface area contributed by atoms with Crippen LogP contribution in [0.25, 0.3) is 33.4 Å². The maximum Gasteiger partial charge on any atom is 0.0573 e. The van der Waals surface area contributed by atoms with Crippen molar-refractivity contribution in [2.24, 2.45) is 0 Å². The van der Waals surface area contributed by atoms with E-state index in [1.54, 1.807) is 0 Å². The molecule has 0 aromatic heterocycles. The Morgan fingerprint density at radius 3 is 1.69 bits per heavy atom.